The number of methoxy groups -OCH3 is 1. The van der Waals surface area contributed by atoms with Crippen LogP contribution in [-0.4, -0.2) is 89.3 Å². The van der Waals surface area contributed by atoms with E-state index < -0.39 is 0 Å². The number of fused-ring (bicyclic) bond motifs is 1. The minimum absolute atomic E-state index is 0.0506. The SMILES string of the molecule is COc1ccc(-c2cccc3[nH]c(C(=O)NC4CCN(CCN5CCC(O)CC5)CC4)cc23)cn1. The summed E-state index contributed by atoms with van der Waals surface area (Å²) in [6.45, 7) is 6.11. The molecule has 2 saturated heterocycles. The lowest BCUT2D eigenvalue weighted by Crippen LogP contribution is -2.47. The van der Waals surface area contributed by atoms with Crippen LogP contribution in [0.1, 0.15) is 36.2 Å². The Balaban J connectivity index is 1.16. The molecule has 8 heteroatoms. The highest BCUT2D eigenvalue weighted by molar-refractivity contribution is 6.02. The number of hydrogen-bond acceptors (Lipinski definition) is 6. The van der Waals surface area contributed by atoms with E-state index in [4.69, 9.17) is 4.74 Å². The number of likely N-dealkylation sites (tertiary alicyclic amines) is 2. The Labute approximate surface area is 206 Å². The molecule has 3 N–H and O–H groups in total. The third kappa shape index (κ3) is 5.66. The molecule has 186 valence electrons. The number of benzene rings is 1. The number of aromatic amines is 1. The molecule has 2 aliphatic rings. The zero-order valence-corrected chi connectivity index (χ0v) is 20.4. The van der Waals surface area contributed by atoms with E-state index >= 15 is 0 Å². The molecular formula is C27H35N5O3. The van der Waals surface area contributed by atoms with Crippen LogP contribution >= 0.6 is 0 Å². The van der Waals surface area contributed by atoms with E-state index in [1.54, 1.807) is 13.3 Å². The average molecular weight is 478 g/mol. The molecule has 1 aromatic carbocycles. The summed E-state index contributed by atoms with van der Waals surface area (Å²) in [7, 11) is 1.60. The van der Waals surface area contributed by atoms with Crippen molar-refractivity contribution >= 4 is 16.8 Å². The third-order valence-electron chi connectivity index (χ3n) is 7.38. The van der Waals surface area contributed by atoms with E-state index in [0.29, 0.717) is 11.6 Å². The molecule has 35 heavy (non-hydrogen) atoms. The first-order chi connectivity index (χ1) is 17.1. The van der Waals surface area contributed by atoms with Crippen LogP contribution in [0, 0.1) is 0 Å². The molecule has 0 aliphatic carbocycles. The predicted octanol–water partition coefficient (Wildman–Crippen LogP) is 2.89. The van der Waals surface area contributed by atoms with Gasteiger partial charge in [-0.05, 0) is 49.4 Å². The van der Waals surface area contributed by atoms with E-state index in [1.807, 2.05) is 36.4 Å². The number of amides is 1. The minimum atomic E-state index is -0.117. The fourth-order valence-corrected chi connectivity index (χ4v) is 5.18. The number of carbonyl (C=O) groups excluding carboxylic acids is 1. The summed E-state index contributed by atoms with van der Waals surface area (Å²) in [5.41, 5.74) is 3.53. The summed E-state index contributed by atoms with van der Waals surface area (Å²) in [4.78, 5) is 25.6. The molecule has 5 rings (SSSR count). The molecule has 0 bridgehead atoms. The average Bonchev–Trinajstić information content (AvgIpc) is 3.34. The highest BCUT2D eigenvalue weighted by Gasteiger charge is 2.23. The number of H-pyrrole nitrogens is 1. The molecule has 0 saturated carbocycles. The topological polar surface area (TPSA) is 93.7 Å². The van der Waals surface area contributed by atoms with Gasteiger partial charge in [-0.2, -0.15) is 0 Å². The Bertz CT molecular complexity index is 1130. The fourth-order valence-electron chi connectivity index (χ4n) is 5.18. The molecule has 0 unspecified atom stereocenters. The van der Waals surface area contributed by atoms with Gasteiger partial charge in [0.05, 0.1) is 13.2 Å². The van der Waals surface area contributed by atoms with Gasteiger partial charge in [-0.3, -0.25) is 4.79 Å². The zero-order chi connectivity index (χ0) is 24.2. The van der Waals surface area contributed by atoms with E-state index in [9.17, 15) is 9.90 Å². The van der Waals surface area contributed by atoms with Gasteiger partial charge in [-0.1, -0.05) is 12.1 Å². The first kappa shape index (κ1) is 23.8. The van der Waals surface area contributed by atoms with Crippen molar-refractivity contribution in [3.63, 3.8) is 0 Å². The normalized spacial score (nSPS) is 18.7. The van der Waals surface area contributed by atoms with Crippen molar-refractivity contribution in [2.24, 2.45) is 0 Å². The van der Waals surface area contributed by atoms with Crippen molar-refractivity contribution in [3.05, 3.63) is 48.3 Å². The van der Waals surface area contributed by atoms with Crippen molar-refractivity contribution < 1.29 is 14.6 Å². The standard InChI is InChI=1S/C27H35N5O3/c1-35-26-6-5-19(18-28-26)22-3-2-4-24-23(22)17-25(30-24)27(34)29-20-7-11-31(12-8-20)15-16-32-13-9-21(33)10-14-32/h2-6,17-18,20-21,30,33H,7-16H2,1H3,(H,29,34). The molecule has 0 atom stereocenters. The lowest BCUT2D eigenvalue weighted by atomic mass is 10.0. The largest absolute Gasteiger partial charge is 0.481 e. The van der Waals surface area contributed by atoms with Gasteiger partial charge in [0, 0.05) is 74.0 Å². The van der Waals surface area contributed by atoms with Crippen molar-refractivity contribution in [2.75, 3.05) is 46.4 Å². The second-order valence-corrected chi connectivity index (χ2v) is 9.70. The van der Waals surface area contributed by atoms with Gasteiger partial charge >= 0.3 is 0 Å². The van der Waals surface area contributed by atoms with Crippen molar-refractivity contribution in [2.45, 2.75) is 37.8 Å². The predicted molar refractivity (Wildman–Crippen MR) is 137 cm³/mol. The lowest BCUT2D eigenvalue weighted by molar-refractivity contribution is 0.0729. The van der Waals surface area contributed by atoms with E-state index in [0.717, 1.165) is 87.0 Å². The van der Waals surface area contributed by atoms with Crippen LogP contribution in [0.15, 0.2) is 42.6 Å². The Morgan fingerprint density at radius 2 is 1.80 bits per heavy atom. The maximum absolute atomic E-state index is 13.0. The van der Waals surface area contributed by atoms with Crippen LogP contribution in [-0.2, 0) is 0 Å². The first-order valence-corrected chi connectivity index (χ1v) is 12.6. The van der Waals surface area contributed by atoms with Crippen LogP contribution < -0.4 is 10.1 Å². The summed E-state index contributed by atoms with van der Waals surface area (Å²) in [6.07, 6.45) is 5.39. The van der Waals surface area contributed by atoms with E-state index in [1.165, 1.54) is 0 Å². The van der Waals surface area contributed by atoms with E-state index in [2.05, 4.69) is 25.1 Å². The minimum Gasteiger partial charge on any atom is -0.481 e. The Morgan fingerprint density at radius 1 is 1.09 bits per heavy atom. The monoisotopic (exact) mass is 477 g/mol. The van der Waals surface area contributed by atoms with Crippen LogP contribution in [0.25, 0.3) is 22.0 Å². The molecule has 4 heterocycles. The Morgan fingerprint density at radius 3 is 2.46 bits per heavy atom. The maximum atomic E-state index is 13.0. The number of ether oxygens (including phenoxy) is 1. The van der Waals surface area contributed by atoms with Crippen molar-refractivity contribution in [1.29, 1.82) is 0 Å². The summed E-state index contributed by atoms with van der Waals surface area (Å²) < 4.78 is 5.17. The number of aromatic nitrogens is 2. The number of nitrogens with one attached hydrogen (secondary N) is 2. The van der Waals surface area contributed by atoms with E-state index in [-0.39, 0.29) is 18.1 Å². The zero-order valence-electron chi connectivity index (χ0n) is 20.4. The second kappa shape index (κ2) is 10.8. The highest BCUT2D eigenvalue weighted by Crippen LogP contribution is 2.29. The van der Waals surface area contributed by atoms with Crippen LogP contribution in [0.4, 0.5) is 0 Å². The lowest BCUT2D eigenvalue weighted by Gasteiger charge is -2.35. The number of hydrogen-bond donors (Lipinski definition) is 3. The van der Waals surface area contributed by atoms with Crippen molar-refractivity contribution in [3.8, 4) is 17.0 Å². The summed E-state index contributed by atoms with van der Waals surface area (Å²) >= 11 is 0. The molecule has 0 spiro atoms. The second-order valence-electron chi connectivity index (χ2n) is 9.70. The van der Waals surface area contributed by atoms with Gasteiger partial charge in [0.1, 0.15) is 5.69 Å². The third-order valence-corrected chi connectivity index (χ3v) is 7.38. The molecule has 3 aromatic rings. The van der Waals surface area contributed by atoms with Gasteiger partial charge in [0.2, 0.25) is 5.88 Å². The van der Waals surface area contributed by atoms with Crippen LogP contribution in [0.5, 0.6) is 5.88 Å². The summed E-state index contributed by atoms with van der Waals surface area (Å²) in [5, 5.41) is 13.9. The first-order valence-electron chi connectivity index (χ1n) is 12.6. The highest BCUT2D eigenvalue weighted by atomic mass is 16.5. The number of aliphatic hydroxyl groups is 1. The molecule has 8 nitrogen and oxygen atoms in total. The molecule has 2 aromatic heterocycles. The number of aliphatic hydroxyl groups excluding tert-OH is 1. The van der Waals surface area contributed by atoms with Gasteiger partial charge < -0.3 is 29.9 Å². The van der Waals surface area contributed by atoms with Gasteiger partial charge in [-0.15, -0.1) is 0 Å². The molecule has 0 radical (unpaired) electrons. The van der Waals surface area contributed by atoms with Crippen molar-refractivity contribution in [1.82, 2.24) is 25.1 Å². The van der Waals surface area contributed by atoms with Gasteiger partial charge in [0.15, 0.2) is 0 Å². The van der Waals surface area contributed by atoms with Gasteiger partial charge in [-0.25, -0.2) is 4.98 Å². The molecular weight excluding hydrogens is 442 g/mol. The van der Waals surface area contributed by atoms with Crippen LogP contribution in [0.3, 0.4) is 0 Å². The number of rotatable bonds is 7. The maximum Gasteiger partial charge on any atom is 0.267 e. The fraction of sp³-hybridized carbons (Fsp3) is 0.481. The number of pyridine rings is 1. The molecule has 1 amide bonds. The summed E-state index contributed by atoms with van der Waals surface area (Å²) in [6, 6.07) is 12.0. The smallest absolute Gasteiger partial charge is 0.267 e. The summed E-state index contributed by atoms with van der Waals surface area (Å²) in [5.74, 6) is 0.526. The van der Waals surface area contributed by atoms with Gasteiger partial charge in [0.25, 0.3) is 5.91 Å². The number of carbonyl (C=O) groups is 1. The molecule has 2 aliphatic heterocycles. The number of nitrogens with zero attached hydrogens (tertiary/aromatic N) is 3. The Kier molecular flexibility index (Phi) is 7.32. The number of piperidine rings is 2. The Hall–Kier alpha value is -2.94. The van der Waals surface area contributed by atoms with Crippen LogP contribution in [0.2, 0.25) is 0 Å². The molecule has 2 fully saturated rings. The quantitative estimate of drug-likeness (QED) is 0.485.